The SMILES string of the molecule is CC(C)(C)OC(=O)N1CC(O)C1.COC(=O)/C(=C/c1cnc(Br)s1)N=[N+]=[N-].COC(=O)C1=Cc2sc(OC3CN(C(=O)N4N=CC[C@H]4c4cc(F)cc(F)c4)C3)nc2C1.COC(=O)C1=Cc2sc(OC3CN(C(=O)OC(C)(C)C)C3)nc2C1.COC(=O)CN=[N+]=[N-].COC(=O)c1cc2sc(Br)nc2[nH]1.N=CC[C@H](NC(=O)n1ccnc1)c1cc(F)cc(F)c1.O=Cc1cnc(Br)s1. The molecule has 0 bridgehead atoms. The number of aldehydes is 1. The Balaban J connectivity index is 0.000000194. The van der Waals surface area contributed by atoms with Crippen LogP contribution in [-0.2, 0) is 65.2 Å². The number of ether oxygens (including phenoxy) is 9. The highest BCUT2D eigenvalue weighted by Gasteiger charge is 2.41. The maximum absolute atomic E-state index is 13.6. The van der Waals surface area contributed by atoms with Crippen molar-refractivity contribution < 1.29 is 113 Å². The van der Waals surface area contributed by atoms with Crippen LogP contribution in [0.25, 0.3) is 49.5 Å². The minimum Gasteiger partial charge on any atom is -0.469 e. The molecule has 132 heavy (non-hydrogen) atoms. The number of likely N-dealkylation sites (tertiary alicyclic amines) is 3. The molecule has 0 spiro atoms. The van der Waals surface area contributed by atoms with Crippen molar-refractivity contribution in [3.63, 3.8) is 0 Å². The first kappa shape index (κ1) is 105. The molecule has 0 radical (unpaired) electrons. The van der Waals surface area contributed by atoms with Crippen LogP contribution in [0.4, 0.5) is 36.7 Å². The Morgan fingerprint density at radius 1 is 0.667 bits per heavy atom. The third-order valence-electron chi connectivity index (χ3n) is 17.3. The van der Waals surface area contributed by atoms with Gasteiger partial charge in [-0.15, -0.1) is 34.0 Å². The first-order valence-corrected chi connectivity index (χ1v) is 44.8. The number of H-pyrrole nitrogens is 1. The largest absolute Gasteiger partial charge is 0.469 e. The molecule has 0 saturated carbocycles. The van der Waals surface area contributed by atoms with E-state index in [-0.39, 0.29) is 78.7 Å². The first-order valence-electron chi connectivity index (χ1n) is 38.3. The Morgan fingerprint density at radius 3 is 1.62 bits per heavy atom. The van der Waals surface area contributed by atoms with E-state index in [4.69, 9.17) is 50.0 Å². The second-order valence-electron chi connectivity index (χ2n) is 29.2. The van der Waals surface area contributed by atoms with E-state index in [0.29, 0.717) is 111 Å². The number of hydrogen-bond donors (Lipinski definition) is 4. The van der Waals surface area contributed by atoms with Gasteiger partial charge in [0.1, 0.15) is 76.6 Å². The summed E-state index contributed by atoms with van der Waals surface area (Å²) in [6.45, 7) is 13.2. The summed E-state index contributed by atoms with van der Waals surface area (Å²) in [6, 6.07) is 5.89. The Morgan fingerprint density at radius 2 is 1.19 bits per heavy atom. The maximum atomic E-state index is 13.6. The summed E-state index contributed by atoms with van der Waals surface area (Å²) in [7, 11) is 6.50. The van der Waals surface area contributed by atoms with Crippen LogP contribution in [-0.4, -0.2) is 248 Å². The number of esters is 5. The molecule has 5 amide bonds. The van der Waals surface area contributed by atoms with Gasteiger partial charge in [0.2, 0.25) is 0 Å². The molecule has 2 aromatic carbocycles. The van der Waals surface area contributed by atoms with Crippen molar-refractivity contribution in [3.8, 4) is 10.4 Å². The number of benzene rings is 2. The number of azide groups is 2. The van der Waals surface area contributed by atoms with E-state index in [9.17, 15) is 65.5 Å². The normalized spacial score (nSPS) is 14.6. The van der Waals surface area contributed by atoms with E-state index in [2.05, 4.69) is 127 Å². The van der Waals surface area contributed by atoms with E-state index in [1.54, 1.807) is 40.4 Å². The number of nitrogens with one attached hydrogen (secondary N) is 3. The van der Waals surface area contributed by atoms with Crippen molar-refractivity contribution in [1.29, 1.82) is 5.41 Å². The zero-order valence-corrected chi connectivity index (χ0v) is 80.3. The molecule has 2 aliphatic carbocycles. The molecule has 53 heteroatoms. The molecule has 41 nitrogen and oxygen atoms in total. The van der Waals surface area contributed by atoms with Crippen LogP contribution in [0.1, 0.15) is 124 Å². The molecular weight excluding hydrogens is 2040 g/mol. The van der Waals surface area contributed by atoms with E-state index in [0.717, 1.165) is 70.4 Å². The number of imidazole rings is 1. The molecule has 3 fully saturated rings. The van der Waals surface area contributed by atoms with E-state index in [1.165, 1.54) is 150 Å². The number of thiazole rings is 5. The predicted octanol–water partition coefficient (Wildman–Crippen LogP) is 15.6. The fourth-order valence-electron chi connectivity index (χ4n) is 11.2. The summed E-state index contributed by atoms with van der Waals surface area (Å²) in [5, 5.41) is 31.2. The van der Waals surface area contributed by atoms with Gasteiger partial charge in [0.15, 0.2) is 18.0 Å². The average Bonchev–Trinajstić information content (AvgIpc) is 1.65. The number of urea groups is 1. The van der Waals surface area contributed by atoms with Gasteiger partial charge in [-0.2, -0.15) is 5.10 Å². The standard InChI is InChI=1S/C21H18F2N4O4S.C16H20N2O5S.C13H12F2N4O.C8H15NO3.C7H5BrN4O2S.C7H5BrN2O2S.C4H2BrNOS.C3H5N3O2/c1-30-19(28)12-6-16-18(7-12)32-20(25-16)31-15-9-26(10-15)21(29)27-17(2-3-24-27)11-4-13(22)8-14(23)5-11;1-16(2,3)23-15(20)18-7-10(8-18)22-14-17-11-5-9(13(19)21-4)6-12(11)24-14;14-10-5-9(6-11(15)7-10)12(1-2-16)18-13(20)19-4-3-17-8-19;1-8(2,3)12-7(11)9-4-6(10)5-9;1-14-6(13)5(11-12-9)2-4-3-10-7(8)15-4;1-12-6(11)3-2-4-5(9-3)10-7(8)13-4;5-4-6-1-3(2-7)8-4;1-8-3(7)2-5-6-4/h3-5,7-8,15,17H,2,6,9-10H2,1H3;6,10H,5,7-8H2,1-4H3;2-8,12,16H,1H2,(H,18,20);6,10H,4-5H2,1-3H3;2-3H,1H3;2,9H,1H3;1-2H;2H2,1H3/b;;;;5-2-;;;/t17-;;12-;;;;;/m0.0...../s1. The van der Waals surface area contributed by atoms with Gasteiger partial charge in [-0.05, 0) is 166 Å². The molecule has 11 heterocycles. The molecule has 4 aliphatic heterocycles. The molecule has 7 aromatic heterocycles. The van der Waals surface area contributed by atoms with E-state index in [1.807, 2.05) is 41.5 Å². The highest BCUT2D eigenvalue weighted by atomic mass is 79.9. The zero-order valence-electron chi connectivity index (χ0n) is 71.5. The fraction of sp³-hybridized carbons (Fsp3) is 0.367. The Labute approximate surface area is 793 Å². The number of β-amino-alcohol motifs (C(OH)–C–C–N with tert-alkyl or cyclic N) is 1. The van der Waals surface area contributed by atoms with Crippen LogP contribution in [0, 0.1) is 28.7 Å². The van der Waals surface area contributed by atoms with Crippen LogP contribution in [0.2, 0.25) is 0 Å². The van der Waals surface area contributed by atoms with Gasteiger partial charge in [-0.25, -0.2) is 90.8 Å². The number of carbonyl (C=O) groups is 10. The van der Waals surface area contributed by atoms with Gasteiger partial charge in [0, 0.05) is 94.7 Å². The molecule has 3 saturated heterocycles. The molecule has 4 N–H and O–H groups in total. The molecule has 702 valence electrons. The number of aromatic amines is 1. The highest BCUT2D eigenvalue weighted by molar-refractivity contribution is 9.11. The van der Waals surface area contributed by atoms with Gasteiger partial charge < -0.3 is 78.1 Å². The fourth-order valence-corrected chi connectivity index (χ4v) is 16.9. The number of fused-ring (bicyclic) bond motifs is 3. The minimum atomic E-state index is -0.730. The summed E-state index contributed by atoms with van der Waals surface area (Å²) in [5.74, 6) is -5.12. The smallest absolute Gasteiger partial charge is 0.410 e. The van der Waals surface area contributed by atoms with Crippen molar-refractivity contribution in [3.05, 3.63) is 194 Å². The molecular formula is C79H82Br3F4N21O20S5. The number of nitrogens with zero attached hydrogens (tertiary/aromatic N) is 18. The lowest BCUT2D eigenvalue weighted by Crippen LogP contribution is -2.58. The number of aliphatic hydroxyl groups excluding tert-OH is 1. The van der Waals surface area contributed by atoms with Gasteiger partial charge in [-0.3, -0.25) is 14.2 Å². The second kappa shape index (κ2) is 49.7. The number of aliphatic hydroxyl groups is 1. The topological polar surface area (TPSA) is 531 Å². The number of hydrazone groups is 1. The van der Waals surface area contributed by atoms with E-state index < -0.39 is 64.5 Å². The molecule has 0 unspecified atom stereocenters. The van der Waals surface area contributed by atoms with Crippen LogP contribution < -0.4 is 14.8 Å². The van der Waals surface area contributed by atoms with Crippen LogP contribution in [0.3, 0.4) is 0 Å². The monoisotopic (exact) mass is 2120 g/mol. The lowest BCUT2D eigenvalue weighted by atomic mass is 10.0. The summed E-state index contributed by atoms with van der Waals surface area (Å²) >= 11 is 16.4. The van der Waals surface area contributed by atoms with Crippen LogP contribution in [0.5, 0.6) is 10.4 Å². The molecule has 6 aliphatic rings. The van der Waals surface area contributed by atoms with Crippen LogP contribution >= 0.6 is 104 Å². The Bertz CT molecular complexity index is 5790. The first-order chi connectivity index (χ1) is 62.6. The summed E-state index contributed by atoms with van der Waals surface area (Å²) in [6.07, 6.45) is 15.7. The number of amides is 5. The number of methoxy groups -OCH3 is 5. The number of carbonyl (C=O) groups excluding carboxylic acids is 10. The third kappa shape index (κ3) is 32.2. The summed E-state index contributed by atoms with van der Waals surface area (Å²) < 4.78 is 103. The lowest BCUT2D eigenvalue weighted by Gasteiger charge is -2.40. The van der Waals surface area contributed by atoms with Gasteiger partial charge >= 0.3 is 54.1 Å². The number of hydrogen-bond acceptors (Lipinski definition) is 35. The maximum Gasteiger partial charge on any atom is 0.410 e. The van der Waals surface area contributed by atoms with Crippen molar-refractivity contribution >= 4 is 206 Å². The Kier molecular flexibility index (Phi) is 39.5. The molecule has 2 atom stereocenters. The number of halogens is 7. The van der Waals surface area contributed by atoms with Crippen molar-refractivity contribution in [2.24, 2.45) is 15.3 Å². The number of rotatable bonds is 18. The number of aromatic nitrogens is 8. The lowest BCUT2D eigenvalue weighted by molar-refractivity contribution is -0.139. The van der Waals surface area contributed by atoms with Gasteiger partial charge in [0.05, 0.1) is 124 Å². The zero-order chi connectivity index (χ0) is 96.8. The molecule has 15 rings (SSSR count). The second-order valence-corrected chi connectivity index (χ2v) is 38.2. The van der Waals surface area contributed by atoms with Crippen molar-refractivity contribution in [1.82, 2.24) is 64.5 Å². The van der Waals surface area contributed by atoms with Gasteiger partial charge in [-0.1, -0.05) is 32.9 Å². The summed E-state index contributed by atoms with van der Waals surface area (Å²) in [5.41, 5.74) is 19.4. The summed E-state index contributed by atoms with van der Waals surface area (Å²) in [4.78, 5) is 153. The van der Waals surface area contributed by atoms with Gasteiger partial charge in [0.25, 0.3) is 10.4 Å². The average molecular weight is 2120 g/mol. The quantitative estimate of drug-likeness (QED) is 0.00713. The molecule has 9 aromatic rings. The minimum absolute atomic E-state index is 0.0761. The Hall–Kier alpha value is -12.5. The van der Waals surface area contributed by atoms with Crippen LogP contribution in [0.15, 0.2) is 118 Å². The predicted molar refractivity (Wildman–Crippen MR) is 485 cm³/mol. The van der Waals surface area contributed by atoms with Crippen molar-refractivity contribution in [2.75, 3.05) is 81.4 Å². The van der Waals surface area contributed by atoms with Crippen molar-refractivity contribution in [2.45, 2.75) is 109 Å². The van der Waals surface area contributed by atoms with E-state index >= 15 is 0 Å². The highest BCUT2D eigenvalue weighted by Crippen LogP contribution is 2.39. The third-order valence-corrected chi connectivity index (χ3v) is 23.4.